The lowest BCUT2D eigenvalue weighted by atomic mass is 9.94. The van der Waals surface area contributed by atoms with Crippen LogP contribution < -0.4 is 5.32 Å². The lowest BCUT2D eigenvalue weighted by Gasteiger charge is -2.15. The van der Waals surface area contributed by atoms with E-state index in [2.05, 4.69) is 5.32 Å². The quantitative estimate of drug-likeness (QED) is 0.788. The van der Waals surface area contributed by atoms with Gasteiger partial charge in [-0.2, -0.15) is 0 Å². The smallest absolute Gasteiger partial charge is 0.309 e. The first-order chi connectivity index (χ1) is 7.58. The minimum absolute atomic E-state index is 0.0304. The molecule has 5 heteroatoms. The summed E-state index contributed by atoms with van der Waals surface area (Å²) < 4.78 is 12.7. The first-order valence-electron chi connectivity index (χ1n) is 4.85. The van der Waals surface area contributed by atoms with Crippen LogP contribution in [0, 0.1) is 11.7 Å². The summed E-state index contributed by atoms with van der Waals surface area (Å²) in [6.07, 6.45) is -0.0304. The Hall–Kier alpha value is -1.91. The molecule has 0 bridgehead atoms. The number of aliphatic carboxylic acids is 1. The molecular formula is C11H10FNO3. The Morgan fingerprint density at radius 2 is 2.00 bits per heavy atom. The molecule has 0 aliphatic carbocycles. The van der Waals surface area contributed by atoms with E-state index in [1.165, 1.54) is 24.3 Å². The zero-order chi connectivity index (χ0) is 11.7. The molecule has 0 saturated carbocycles. The Morgan fingerprint density at radius 3 is 2.56 bits per heavy atom. The van der Waals surface area contributed by atoms with Gasteiger partial charge in [-0.3, -0.25) is 9.59 Å². The van der Waals surface area contributed by atoms with Gasteiger partial charge in [-0.05, 0) is 17.7 Å². The zero-order valence-corrected chi connectivity index (χ0v) is 8.31. The SMILES string of the molecule is O=C1CC(C(=O)O)[C@@H](c2ccc(F)cc2)N1. The fraction of sp³-hybridized carbons (Fsp3) is 0.273. The predicted octanol–water partition coefficient (Wildman–Crippen LogP) is 1.09. The molecule has 16 heavy (non-hydrogen) atoms. The summed E-state index contributed by atoms with van der Waals surface area (Å²) in [6.45, 7) is 0. The maximum atomic E-state index is 12.7. The number of amides is 1. The van der Waals surface area contributed by atoms with Crippen LogP contribution in [-0.4, -0.2) is 17.0 Å². The number of hydrogen-bond acceptors (Lipinski definition) is 2. The van der Waals surface area contributed by atoms with Gasteiger partial charge in [0.2, 0.25) is 5.91 Å². The molecule has 1 aromatic rings. The number of carboxylic acids is 1. The molecule has 1 aliphatic rings. The molecule has 0 radical (unpaired) electrons. The van der Waals surface area contributed by atoms with Gasteiger partial charge in [0.15, 0.2) is 0 Å². The number of carboxylic acid groups (broad SMARTS) is 1. The third-order valence-corrected chi connectivity index (χ3v) is 2.67. The van der Waals surface area contributed by atoms with E-state index in [1.807, 2.05) is 0 Å². The lowest BCUT2D eigenvalue weighted by molar-refractivity contribution is -0.142. The summed E-state index contributed by atoms with van der Waals surface area (Å²) in [5.41, 5.74) is 0.611. The van der Waals surface area contributed by atoms with Gasteiger partial charge in [-0.25, -0.2) is 4.39 Å². The van der Waals surface area contributed by atoms with Crippen molar-refractivity contribution in [3.63, 3.8) is 0 Å². The molecule has 1 fully saturated rings. The van der Waals surface area contributed by atoms with Gasteiger partial charge >= 0.3 is 5.97 Å². The fourth-order valence-electron chi connectivity index (χ4n) is 1.87. The predicted molar refractivity (Wildman–Crippen MR) is 53.0 cm³/mol. The fourth-order valence-corrected chi connectivity index (χ4v) is 1.87. The largest absolute Gasteiger partial charge is 0.481 e. The van der Waals surface area contributed by atoms with Crippen molar-refractivity contribution in [1.82, 2.24) is 5.32 Å². The van der Waals surface area contributed by atoms with Crippen LogP contribution in [0.4, 0.5) is 4.39 Å². The first-order valence-corrected chi connectivity index (χ1v) is 4.85. The van der Waals surface area contributed by atoms with Gasteiger partial charge in [-0.1, -0.05) is 12.1 Å². The highest BCUT2D eigenvalue weighted by Crippen LogP contribution is 2.30. The molecule has 2 N–H and O–H groups in total. The molecule has 1 aromatic carbocycles. The van der Waals surface area contributed by atoms with E-state index >= 15 is 0 Å². The van der Waals surface area contributed by atoms with E-state index < -0.39 is 17.9 Å². The van der Waals surface area contributed by atoms with E-state index in [-0.39, 0.29) is 18.1 Å². The second-order valence-electron chi connectivity index (χ2n) is 3.75. The average Bonchev–Trinajstić information content (AvgIpc) is 2.61. The number of nitrogens with one attached hydrogen (secondary N) is 1. The minimum atomic E-state index is -1.02. The maximum Gasteiger partial charge on any atom is 0.309 e. The Bertz CT molecular complexity index is 429. The van der Waals surface area contributed by atoms with Crippen LogP contribution >= 0.6 is 0 Å². The second kappa shape index (κ2) is 3.92. The summed E-state index contributed by atoms with van der Waals surface area (Å²) in [5.74, 6) is -2.48. The number of carbonyl (C=O) groups excluding carboxylic acids is 1. The minimum Gasteiger partial charge on any atom is -0.481 e. The van der Waals surface area contributed by atoms with Crippen LogP contribution in [0.2, 0.25) is 0 Å². The second-order valence-corrected chi connectivity index (χ2v) is 3.75. The van der Waals surface area contributed by atoms with Crippen molar-refractivity contribution in [3.8, 4) is 0 Å². The van der Waals surface area contributed by atoms with Crippen LogP contribution in [0.5, 0.6) is 0 Å². The first kappa shape index (κ1) is 10.6. The highest BCUT2D eigenvalue weighted by Gasteiger charge is 2.38. The summed E-state index contributed by atoms with van der Waals surface area (Å²) in [7, 11) is 0. The van der Waals surface area contributed by atoms with Crippen LogP contribution in [0.25, 0.3) is 0 Å². The monoisotopic (exact) mass is 223 g/mol. The van der Waals surface area contributed by atoms with E-state index in [1.54, 1.807) is 0 Å². The number of carbonyl (C=O) groups is 2. The average molecular weight is 223 g/mol. The summed E-state index contributed by atoms with van der Waals surface area (Å²) >= 11 is 0. The Kier molecular flexibility index (Phi) is 2.60. The Balaban J connectivity index is 2.28. The number of rotatable bonds is 2. The van der Waals surface area contributed by atoms with Crippen molar-refractivity contribution in [1.29, 1.82) is 0 Å². The molecule has 1 amide bonds. The van der Waals surface area contributed by atoms with Crippen LogP contribution in [0.3, 0.4) is 0 Å². The zero-order valence-electron chi connectivity index (χ0n) is 8.31. The molecule has 1 aliphatic heterocycles. The summed E-state index contributed by atoms with van der Waals surface area (Å²) in [4.78, 5) is 22.1. The number of benzene rings is 1. The van der Waals surface area contributed by atoms with Crippen molar-refractivity contribution >= 4 is 11.9 Å². The van der Waals surface area contributed by atoms with Crippen molar-refractivity contribution < 1.29 is 19.1 Å². The summed E-state index contributed by atoms with van der Waals surface area (Å²) in [5, 5.41) is 11.5. The van der Waals surface area contributed by atoms with Gasteiger partial charge in [0.25, 0.3) is 0 Å². The number of hydrogen-bond donors (Lipinski definition) is 2. The molecular weight excluding hydrogens is 213 g/mol. The summed E-state index contributed by atoms with van der Waals surface area (Å²) in [6, 6.07) is 4.91. The van der Waals surface area contributed by atoms with Crippen molar-refractivity contribution in [2.45, 2.75) is 12.5 Å². The van der Waals surface area contributed by atoms with Crippen molar-refractivity contribution in [2.24, 2.45) is 5.92 Å². The highest BCUT2D eigenvalue weighted by molar-refractivity contribution is 5.87. The molecule has 1 unspecified atom stereocenters. The van der Waals surface area contributed by atoms with Crippen LogP contribution in [0.1, 0.15) is 18.0 Å². The normalized spacial score (nSPS) is 24.2. The van der Waals surface area contributed by atoms with Crippen LogP contribution in [-0.2, 0) is 9.59 Å². The topological polar surface area (TPSA) is 66.4 Å². The van der Waals surface area contributed by atoms with E-state index in [0.29, 0.717) is 5.56 Å². The van der Waals surface area contributed by atoms with Crippen molar-refractivity contribution in [2.75, 3.05) is 0 Å². The van der Waals surface area contributed by atoms with Crippen LogP contribution in [0.15, 0.2) is 24.3 Å². The van der Waals surface area contributed by atoms with Gasteiger partial charge < -0.3 is 10.4 Å². The Labute approximate surface area is 91.1 Å². The molecule has 1 saturated heterocycles. The van der Waals surface area contributed by atoms with E-state index in [0.717, 1.165) is 0 Å². The van der Waals surface area contributed by atoms with Gasteiger partial charge in [0.05, 0.1) is 12.0 Å². The highest BCUT2D eigenvalue weighted by atomic mass is 19.1. The van der Waals surface area contributed by atoms with E-state index in [4.69, 9.17) is 5.11 Å². The Morgan fingerprint density at radius 1 is 1.38 bits per heavy atom. The van der Waals surface area contributed by atoms with Gasteiger partial charge in [0, 0.05) is 6.42 Å². The standard InChI is InChI=1S/C11H10FNO3/c12-7-3-1-6(2-4-7)10-8(11(15)16)5-9(14)13-10/h1-4,8,10H,5H2,(H,13,14)(H,15,16)/t8?,10-/m1/s1. The molecule has 84 valence electrons. The van der Waals surface area contributed by atoms with Crippen molar-refractivity contribution in [3.05, 3.63) is 35.6 Å². The third-order valence-electron chi connectivity index (χ3n) is 2.67. The molecule has 1 heterocycles. The lowest BCUT2D eigenvalue weighted by Crippen LogP contribution is -2.24. The molecule has 0 aromatic heterocycles. The number of halogens is 1. The maximum absolute atomic E-state index is 12.7. The van der Waals surface area contributed by atoms with Gasteiger partial charge in [-0.15, -0.1) is 0 Å². The molecule has 2 rings (SSSR count). The molecule has 4 nitrogen and oxygen atoms in total. The van der Waals surface area contributed by atoms with E-state index in [9.17, 15) is 14.0 Å². The van der Waals surface area contributed by atoms with Gasteiger partial charge in [0.1, 0.15) is 5.82 Å². The third kappa shape index (κ3) is 1.88. The molecule has 0 spiro atoms. The molecule has 2 atom stereocenters.